The molecule has 1 aromatic carbocycles. The molecule has 0 aliphatic rings. The summed E-state index contributed by atoms with van der Waals surface area (Å²) in [5.74, 6) is 2.12. The normalized spacial score (nSPS) is 11.7. The molecule has 0 spiro atoms. The quantitative estimate of drug-likeness (QED) is 0.162. The molecule has 0 aliphatic heterocycles. The van der Waals surface area contributed by atoms with Crippen LogP contribution in [0.15, 0.2) is 66.7 Å². The number of rotatable bonds is 7. The average Bonchev–Trinajstić information content (AvgIpc) is 3.59. The number of hydrogen-bond acceptors (Lipinski definition) is 5. The summed E-state index contributed by atoms with van der Waals surface area (Å²) in [6, 6.07) is 19.5. The Labute approximate surface area is 251 Å². The first-order chi connectivity index (χ1) is 19.0. The van der Waals surface area contributed by atoms with Crippen molar-refractivity contribution in [3.8, 4) is 11.6 Å². The first kappa shape index (κ1) is 30.2. The average molecular weight is 739 g/mol. The fourth-order valence-electron chi connectivity index (χ4n) is 4.46. The Balaban J connectivity index is 0.00000387. The van der Waals surface area contributed by atoms with Crippen molar-refractivity contribution in [2.75, 3.05) is 4.90 Å². The fraction of sp³-hybridized carbons (Fsp3) is 0.267. The van der Waals surface area contributed by atoms with Gasteiger partial charge in [-0.25, -0.2) is 0 Å². The molecule has 4 aromatic heterocycles. The van der Waals surface area contributed by atoms with E-state index in [1.165, 1.54) is 0 Å². The van der Waals surface area contributed by atoms with Gasteiger partial charge in [0, 0.05) is 0 Å². The molecule has 5 rings (SSSR count). The van der Waals surface area contributed by atoms with Gasteiger partial charge in [-0.15, -0.1) is 12.1 Å². The van der Waals surface area contributed by atoms with Crippen LogP contribution in [0.3, 0.4) is 0 Å². The number of hydrogen-bond donors (Lipinski definition) is 0. The van der Waals surface area contributed by atoms with Gasteiger partial charge in [0.1, 0.15) is 11.6 Å². The molecule has 5 aromatic rings. The Morgan fingerprint density at radius 3 is 1.66 bits per heavy atom. The summed E-state index contributed by atoms with van der Waals surface area (Å²) in [4.78, 5) is 11.6. The number of benzene rings is 1. The summed E-state index contributed by atoms with van der Waals surface area (Å²) < 4.78 is 42.3. The molecule has 0 atom stereocenters. The van der Waals surface area contributed by atoms with Crippen LogP contribution in [0, 0.1) is 19.3 Å². The number of aryl methyl sites for hydroxylation is 1. The smallest absolute Gasteiger partial charge is 0.343 e. The maximum Gasteiger partial charge on any atom is 2.00 e. The molecular formula is C30H28F3N7Pt. The largest absolute Gasteiger partial charge is 2.00 e. The van der Waals surface area contributed by atoms with Crippen LogP contribution in [0.25, 0.3) is 11.6 Å². The monoisotopic (exact) mass is 738 g/mol. The van der Waals surface area contributed by atoms with Crippen molar-refractivity contribution in [2.24, 2.45) is 0 Å². The van der Waals surface area contributed by atoms with E-state index in [4.69, 9.17) is 9.97 Å². The van der Waals surface area contributed by atoms with Crippen LogP contribution in [-0.4, -0.2) is 29.5 Å². The van der Waals surface area contributed by atoms with Gasteiger partial charge in [0.15, 0.2) is 0 Å². The van der Waals surface area contributed by atoms with E-state index in [0.29, 0.717) is 17.5 Å². The van der Waals surface area contributed by atoms with E-state index in [1.54, 1.807) is 28.9 Å². The molecule has 0 saturated heterocycles. The zero-order valence-electron chi connectivity index (χ0n) is 23.1. The molecule has 0 amide bonds. The predicted molar refractivity (Wildman–Crippen MR) is 147 cm³/mol. The minimum atomic E-state index is -4.58. The molecule has 7 nitrogen and oxygen atoms in total. The number of nitrogens with zero attached hydrogens (tertiary/aromatic N) is 7. The van der Waals surface area contributed by atoms with Crippen LogP contribution in [0.1, 0.15) is 62.0 Å². The molecular weight excluding hydrogens is 710 g/mol. The zero-order valence-corrected chi connectivity index (χ0v) is 25.4. The number of halogens is 3. The van der Waals surface area contributed by atoms with Gasteiger partial charge >= 0.3 is 27.2 Å². The maximum absolute atomic E-state index is 13.2. The van der Waals surface area contributed by atoms with Crippen molar-refractivity contribution in [3.05, 3.63) is 102 Å². The zero-order chi connectivity index (χ0) is 28.6. The van der Waals surface area contributed by atoms with Gasteiger partial charge in [0.25, 0.3) is 0 Å². The van der Waals surface area contributed by atoms with Gasteiger partial charge in [0.2, 0.25) is 0 Å². The van der Waals surface area contributed by atoms with Crippen LogP contribution in [0.2, 0.25) is 0 Å². The van der Waals surface area contributed by atoms with Crippen molar-refractivity contribution in [3.63, 3.8) is 0 Å². The van der Waals surface area contributed by atoms with Crippen molar-refractivity contribution < 1.29 is 34.2 Å². The van der Waals surface area contributed by atoms with Crippen molar-refractivity contribution >= 4 is 17.3 Å². The second-order valence-corrected chi connectivity index (χ2v) is 10.0. The van der Waals surface area contributed by atoms with Crippen molar-refractivity contribution in [2.45, 2.75) is 52.6 Å². The molecule has 0 saturated carbocycles. The summed E-state index contributed by atoms with van der Waals surface area (Å²) in [6.07, 6.45) is 1.03. The van der Waals surface area contributed by atoms with Crippen LogP contribution in [0.5, 0.6) is 0 Å². The Kier molecular flexibility index (Phi) is 8.82. The van der Waals surface area contributed by atoms with Crippen LogP contribution < -0.4 is 4.90 Å². The van der Waals surface area contributed by atoms with Gasteiger partial charge in [-0.2, -0.15) is 13.2 Å². The van der Waals surface area contributed by atoms with Gasteiger partial charge < -0.3 is 9.36 Å². The molecule has 214 valence electrons. The van der Waals surface area contributed by atoms with Gasteiger partial charge in [-0.1, -0.05) is 89.5 Å². The van der Waals surface area contributed by atoms with Gasteiger partial charge in [0.05, 0.1) is 23.0 Å². The van der Waals surface area contributed by atoms with E-state index in [2.05, 4.69) is 62.4 Å². The Morgan fingerprint density at radius 2 is 1.22 bits per heavy atom. The number of aromatic nitrogens is 6. The number of pyridine rings is 2. The van der Waals surface area contributed by atoms with E-state index >= 15 is 0 Å². The second kappa shape index (κ2) is 12.0. The first-order valence-electron chi connectivity index (χ1n) is 12.9. The molecule has 0 radical (unpaired) electrons. The Bertz CT molecular complexity index is 1610. The molecule has 41 heavy (non-hydrogen) atoms. The van der Waals surface area contributed by atoms with E-state index in [0.717, 1.165) is 33.3 Å². The molecule has 0 aliphatic carbocycles. The summed E-state index contributed by atoms with van der Waals surface area (Å²) in [7, 11) is 0. The molecule has 4 heterocycles. The third-order valence-corrected chi connectivity index (χ3v) is 6.37. The number of anilines is 3. The van der Waals surface area contributed by atoms with E-state index < -0.39 is 11.9 Å². The maximum atomic E-state index is 13.2. The van der Waals surface area contributed by atoms with Crippen LogP contribution >= 0.6 is 0 Å². The molecule has 0 fully saturated rings. The Morgan fingerprint density at radius 1 is 0.732 bits per heavy atom. The standard InChI is InChI=1S/C30H28F3N7.Pt/c1-19(2)22-9-6-10-23(20(3)4)29(22)40(27-13-7-11-25(34-27)38-17-15-21(5)36-38)28-14-8-12-26(35-28)39-18-16-24(37-39)30(31,32)33;/h6-16,19-20H,1-5H3;/q-2;+2. The van der Waals surface area contributed by atoms with Crippen LogP contribution in [0.4, 0.5) is 30.5 Å². The number of alkyl halides is 3. The van der Waals surface area contributed by atoms with Gasteiger partial charge in [-0.05, 0) is 40.8 Å². The second-order valence-electron chi connectivity index (χ2n) is 10.0. The third kappa shape index (κ3) is 6.27. The summed E-state index contributed by atoms with van der Waals surface area (Å²) in [5.41, 5.74) is 2.85. The third-order valence-electron chi connectivity index (χ3n) is 6.37. The van der Waals surface area contributed by atoms with E-state index in [9.17, 15) is 13.2 Å². The number of para-hydroxylation sites is 1. The first-order valence-corrected chi connectivity index (χ1v) is 12.9. The van der Waals surface area contributed by atoms with E-state index in [-0.39, 0.29) is 38.7 Å². The van der Waals surface area contributed by atoms with E-state index in [1.807, 2.05) is 36.1 Å². The summed E-state index contributed by atoms with van der Waals surface area (Å²) in [5, 5.41) is 8.12. The van der Waals surface area contributed by atoms with Gasteiger partial charge in [-0.3, -0.25) is 25.1 Å². The van der Waals surface area contributed by atoms with Crippen molar-refractivity contribution in [1.82, 2.24) is 29.5 Å². The molecule has 0 unspecified atom stereocenters. The molecule has 0 N–H and O–H groups in total. The molecule has 0 bridgehead atoms. The Hall–Kier alpha value is -3.78. The predicted octanol–water partition coefficient (Wildman–Crippen LogP) is 7.49. The summed E-state index contributed by atoms with van der Waals surface area (Å²) >= 11 is 0. The molecule has 11 heteroatoms. The van der Waals surface area contributed by atoms with Crippen LogP contribution in [-0.2, 0) is 27.2 Å². The minimum absolute atomic E-state index is 0. The fourth-order valence-corrected chi connectivity index (χ4v) is 4.46. The minimum Gasteiger partial charge on any atom is -0.343 e. The van der Waals surface area contributed by atoms with Crippen molar-refractivity contribution in [1.29, 1.82) is 0 Å². The summed E-state index contributed by atoms with van der Waals surface area (Å²) in [6.45, 7) is 10.4. The SMILES string of the molecule is Cc1c[c-]n(-c2cccc(N(c3cccc(-n4[c-]cc(C(F)(F)F)n4)n3)c3c(C(C)C)cccc3C(C)C)n2)n1.[Pt+2]. The topological polar surface area (TPSA) is 64.7 Å².